The van der Waals surface area contributed by atoms with Crippen molar-refractivity contribution < 1.29 is 14.3 Å². The van der Waals surface area contributed by atoms with Gasteiger partial charge in [-0.2, -0.15) is 0 Å². The molecule has 3 atom stereocenters. The Kier molecular flexibility index (Phi) is 4.69. The minimum Gasteiger partial charge on any atom is -0.462 e. The van der Waals surface area contributed by atoms with Crippen molar-refractivity contribution in [1.29, 1.82) is 0 Å². The lowest BCUT2D eigenvalue weighted by Crippen LogP contribution is -2.59. The molecule has 3 aromatic rings. The van der Waals surface area contributed by atoms with Crippen LogP contribution >= 0.6 is 15.9 Å². The van der Waals surface area contributed by atoms with Crippen LogP contribution in [0.5, 0.6) is 0 Å². The molecular weight excluding hydrogens is 434 g/mol. The van der Waals surface area contributed by atoms with Gasteiger partial charge in [0.15, 0.2) is 0 Å². The third kappa shape index (κ3) is 3.08. The number of aromatic amines is 1. The van der Waals surface area contributed by atoms with Crippen LogP contribution in [0.2, 0.25) is 0 Å². The van der Waals surface area contributed by atoms with Crippen molar-refractivity contribution in [2.24, 2.45) is 5.92 Å². The first-order chi connectivity index (χ1) is 14.1. The summed E-state index contributed by atoms with van der Waals surface area (Å²) in [6.45, 7) is 1.13. The largest absolute Gasteiger partial charge is 0.462 e. The molecule has 1 aromatic carbocycles. The van der Waals surface area contributed by atoms with Gasteiger partial charge in [0.05, 0.1) is 12.2 Å². The van der Waals surface area contributed by atoms with E-state index < -0.39 is 5.60 Å². The first-order valence-corrected chi connectivity index (χ1v) is 10.6. The Labute approximate surface area is 177 Å². The molecule has 150 valence electrons. The fourth-order valence-electron chi connectivity index (χ4n) is 4.89. The standard InChI is InChI=1S/C22H22BrN3O3/c1-28-22-7-13(12-29-21(27)15-5-16(23)11-24-9-15)8-26-19(22)6-14-10-25-18-4-2-3-17(22)20(14)18/h2-5,9-11,13,19,25-26H,6-8,12H2,1H3/t13-,19-,22+/m1/s1. The Morgan fingerprint density at radius 2 is 2.28 bits per heavy atom. The van der Waals surface area contributed by atoms with Crippen LogP contribution in [0.15, 0.2) is 47.3 Å². The number of ether oxygens (including phenoxy) is 2. The highest BCUT2D eigenvalue weighted by Crippen LogP contribution is 2.47. The summed E-state index contributed by atoms with van der Waals surface area (Å²) >= 11 is 3.34. The number of benzene rings is 1. The molecule has 0 saturated carbocycles. The van der Waals surface area contributed by atoms with Gasteiger partial charge in [0.2, 0.25) is 0 Å². The minimum atomic E-state index is -0.429. The summed E-state index contributed by atoms with van der Waals surface area (Å²) in [6, 6.07) is 8.26. The molecule has 3 heterocycles. The fourth-order valence-corrected chi connectivity index (χ4v) is 5.26. The van der Waals surface area contributed by atoms with Crippen LogP contribution in [0.1, 0.15) is 27.9 Å². The number of carbonyl (C=O) groups excluding carboxylic acids is 1. The summed E-state index contributed by atoms with van der Waals surface area (Å²) in [5.41, 5.74) is 3.70. The van der Waals surface area contributed by atoms with Crippen molar-refractivity contribution in [3.63, 3.8) is 0 Å². The Balaban J connectivity index is 1.38. The van der Waals surface area contributed by atoms with Crippen LogP contribution in [-0.4, -0.2) is 42.2 Å². The van der Waals surface area contributed by atoms with Crippen LogP contribution < -0.4 is 5.32 Å². The number of carbonyl (C=O) groups is 1. The first kappa shape index (κ1) is 18.8. The van der Waals surface area contributed by atoms with E-state index in [9.17, 15) is 4.79 Å². The van der Waals surface area contributed by atoms with Gasteiger partial charge < -0.3 is 19.8 Å². The molecule has 1 fully saturated rings. The average Bonchev–Trinajstić information content (AvgIpc) is 3.16. The van der Waals surface area contributed by atoms with Crippen molar-refractivity contribution in [3.8, 4) is 0 Å². The number of esters is 1. The van der Waals surface area contributed by atoms with E-state index in [1.54, 1.807) is 19.4 Å². The van der Waals surface area contributed by atoms with Gasteiger partial charge in [0, 0.05) is 59.6 Å². The zero-order chi connectivity index (χ0) is 20.0. The van der Waals surface area contributed by atoms with Gasteiger partial charge in [-0.25, -0.2) is 4.79 Å². The number of rotatable bonds is 4. The van der Waals surface area contributed by atoms with Crippen LogP contribution in [-0.2, 0) is 21.5 Å². The predicted molar refractivity (Wildman–Crippen MR) is 113 cm³/mol. The van der Waals surface area contributed by atoms with E-state index in [1.807, 2.05) is 0 Å². The van der Waals surface area contributed by atoms with Gasteiger partial charge in [0.1, 0.15) is 5.60 Å². The van der Waals surface area contributed by atoms with Crippen molar-refractivity contribution in [1.82, 2.24) is 15.3 Å². The molecule has 5 rings (SSSR count). The van der Waals surface area contributed by atoms with E-state index in [1.165, 1.54) is 22.7 Å². The highest BCUT2D eigenvalue weighted by Gasteiger charge is 2.49. The van der Waals surface area contributed by atoms with Gasteiger partial charge in [-0.1, -0.05) is 12.1 Å². The smallest absolute Gasteiger partial charge is 0.339 e. The van der Waals surface area contributed by atoms with E-state index in [0.29, 0.717) is 12.2 Å². The number of nitrogens with zero attached hydrogens (tertiary/aromatic N) is 1. The van der Waals surface area contributed by atoms with Gasteiger partial charge >= 0.3 is 5.97 Å². The Morgan fingerprint density at radius 1 is 1.38 bits per heavy atom. The Morgan fingerprint density at radius 3 is 3.10 bits per heavy atom. The maximum absolute atomic E-state index is 12.4. The second-order valence-electron chi connectivity index (χ2n) is 7.86. The number of methoxy groups -OCH3 is 1. The zero-order valence-electron chi connectivity index (χ0n) is 16.1. The number of hydrogen-bond donors (Lipinski definition) is 2. The normalized spacial score (nSPS) is 25.6. The topological polar surface area (TPSA) is 76.2 Å². The van der Waals surface area contributed by atoms with Crippen molar-refractivity contribution in [2.75, 3.05) is 20.3 Å². The highest BCUT2D eigenvalue weighted by atomic mass is 79.9. The van der Waals surface area contributed by atoms with E-state index in [0.717, 1.165) is 29.4 Å². The summed E-state index contributed by atoms with van der Waals surface area (Å²) in [4.78, 5) is 19.8. The minimum absolute atomic E-state index is 0.158. The molecule has 2 N–H and O–H groups in total. The molecule has 0 bridgehead atoms. The lowest BCUT2D eigenvalue weighted by Gasteiger charge is -2.49. The van der Waals surface area contributed by atoms with E-state index in [-0.39, 0.29) is 17.9 Å². The summed E-state index contributed by atoms with van der Waals surface area (Å²) in [5, 5.41) is 4.93. The molecule has 7 heteroatoms. The fraction of sp³-hybridized carbons (Fsp3) is 0.364. The summed E-state index contributed by atoms with van der Waals surface area (Å²) < 4.78 is 12.6. The molecule has 0 spiro atoms. The molecule has 1 aliphatic heterocycles. The van der Waals surface area contributed by atoms with E-state index in [4.69, 9.17) is 9.47 Å². The number of hydrogen-bond acceptors (Lipinski definition) is 5. The number of pyridine rings is 1. The number of nitrogens with one attached hydrogen (secondary N) is 2. The van der Waals surface area contributed by atoms with E-state index in [2.05, 4.69) is 55.6 Å². The Bertz CT molecular complexity index is 1080. The van der Waals surface area contributed by atoms with Gasteiger partial charge in [-0.15, -0.1) is 0 Å². The Hall–Kier alpha value is -2.22. The first-order valence-electron chi connectivity index (χ1n) is 9.76. The number of piperidine rings is 1. The molecule has 0 radical (unpaired) electrons. The van der Waals surface area contributed by atoms with Crippen molar-refractivity contribution in [3.05, 3.63) is 64.0 Å². The van der Waals surface area contributed by atoms with Gasteiger partial charge in [-0.3, -0.25) is 4.98 Å². The maximum atomic E-state index is 12.4. The molecule has 0 unspecified atom stereocenters. The van der Waals surface area contributed by atoms with Crippen LogP contribution in [0.4, 0.5) is 0 Å². The number of H-pyrrole nitrogens is 1. The molecule has 6 nitrogen and oxygen atoms in total. The predicted octanol–water partition coefficient (Wildman–Crippen LogP) is 3.56. The summed E-state index contributed by atoms with van der Waals surface area (Å²) in [5.74, 6) is -0.197. The molecular formula is C22H22BrN3O3. The van der Waals surface area contributed by atoms with Crippen molar-refractivity contribution >= 4 is 32.8 Å². The van der Waals surface area contributed by atoms with E-state index >= 15 is 0 Å². The van der Waals surface area contributed by atoms with Crippen molar-refractivity contribution in [2.45, 2.75) is 24.5 Å². The van der Waals surface area contributed by atoms with Gasteiger partial charge in [-0.05, 0) is 52.0 Å². The lowest BCUT2D eigenvalue weighted by molar-refractivity contribution is -0.0895. The summed E-state index contributed by atoms with van der Waals surface area (Å²) in [7, 11) is 1.78. The number of fused-ring (bicyclic) bond motifs is 2. The van der Waals surface area contributed by atoms with Crippen LogP contribution in [0.3, 0.4) is 0 Å². The third-order valence-corrected chi connectivity index (χ3v) is 6.66. The quantitative estimate of drug-likeness (QED) is 0.588. The number of aromatic nitrogens is 2. The van der Waals surface area contributed by atoms with Gasteiger partial charge in [0.25, 0.3) is 0 Å². The molecule has 2 aliphatic rings. The highest BCUT2D eigenvalue weighted by molar-refractivity contribution is 9.10. The monoisotopic (exact) mass is 455 g/mol. The zero-order valence-corrected chi connectivity index (χ0v) is 17.7. The molecule has 1 saturated heterocycles. The second-order valence-corrected chi connectivity index (χ2v) is 8.78. The lowest BCUT2D eigenvalue weighted by atomic mass is 9.69. The third-order valence-electron chi connectivity index (χ3n) is 6.23. The average molecular weight is 456 g/mol. The summed E-state index contributed by atoms with van der Waals surface area (Å²) in [6.07, 6.45) is 6.99. The second kappa shape index (κ2) is 7.23. The van der Waals surface area contributed by atoms with Crippen LogP contribution in [0.25, 0.3) is 10.9 Å². The molecule has 1 aliphatic carbocycles. The maximum Gasteiger partial charge on any atom is 0.339 e. The number of halogens is 1. The van der Waals surface area contributed by atoms with Crippen LogP contribution in [0, 0.1) is 5.92 Å². The molecule has 29 heavy (non-hydrogen) atoms. The molecule has 0 amide bonds. The molecule has 2 aromatic heterocycles. The SMILES string of the molecule is CO[C@]12C[C@@H](COC(=O)c3cncc(Br)c3)CN[C@@H]1Cc1c[nH]c3cccc2c13.